The number of aryl methyl sites for hydroxylation is 1. The SMILES string of the molecule is CCc1ccc(NC(=O)[C@H](C)OC(=O)CCCN2C(=O)NC(C)(C)C2=O)cc1. The molecule has 1 atom stereocenters. The first-order valence-corrected chi connectivity index (χ1v) is 9.37. The molecule has 0 radical (unpaired) electrons. The number of ether oxygens (including phenoxy) is 1. The number of nitrogens with zero attached hydrogens (tertiary/aromatic N) is 1. The summed E-state index contributed by atoms with van der Waals surface area (Å²) in [5.74, 6) is -1.31. The van der Waals surface area contributed by atoms with Gasteiger partial charge in [0.1, 0.15) is 5.54 Å². The molecule has 8 nitrogen and oxygen atoms in total. The van der Waals surface area contributed by atoms with E-state index >= 15 is 0 Å². The first kappa shape index (κ1) is 21.4. The van der Waals surface area contributed by atoms with Gasteiger partial charge in [0.05, 0.1) is 0 Å². The summed E-state index contributed by atoms with van der Waals surface area (Å²) in [6.07, 6.45) is 0.222. The monoisotopic (exact) mass is 389 g/mol. The number of hydrogen-bond donors (Lipinski definition) is 2. The fourth-order valence-electron chi connectivity index (χ4n) is 2.78. The molecule has 0 bridgehead atoms. The highest BCUT2D eigenvalue weighted by Gasteiger charge is 2.43. The standard InChI is InChI=1S/C20H27N3O5/c1-5-14-8-10-15(11-9-14)21-17(25)13(2)28-16(24)7-6-12-23-18(26)20(3,4)22-19(23)27/h8-11,13H,5-7,12H2,1-4H3,(H,21,25)(H,22,27)/t13-/m0/s1. The molecule has 0 aromatic heterocycles. The summed E-state index contributed by atoms with van der Waals surface area (Å²) in [6.45, 7) is 6.90. The predicted molar refractivity (Wildman–Crippen MR) is 104 cm³/mol. The van der Waals surface area contributed by atoms with Crippen LogP contribution in [0.1, 0.15) is 46.1 Å². The van der Waals surface area contributed by atoms with Crippen molar-refractivity contribution in [3.8, 4) is 0 Å². The van der Waals surface area contributed by atoms with Gasteiger partial charge in [0.25, 0.3) is 11.8 Å². The van der Waals surface area contributed by atoms with E-state index in [-0.39, 0.29) is 25.3 Å². The molecule has 8 heteroatoms. The lowest BCUT2D eigenvalue weighted by atomic mass is 10.1. The van der Waals surface area contributed by atoms with Gasteiger partial charge in [-0.15, -0.1) is 0 Å². The summed E-state index contributed by atoms with van der Waals surface area (Å²) in [4.78, 5) is 49.0. The molecule has 152 valence electrons. The van der Waals surface area contributed by atoms with Crippen LogP contribution in [0.2, 0.25) is 0 Å². The number of esters is 1. The van der Waals surface area contributed by atoms with Gasteiger partial charge < -0.3 is 15.4 Å². The van der Waals surface area contributed by atoms with Gasteiger partial charge in [-0.2, -0.15) is 0 Å². The van der Waals surface area contributed by atoms with Crippen LogP contribution in [0, 0.1) is 0 Å². The second kappa shape index (κ2) is 8.86. The Morgan fingerprint density at radius 2 is 1.86 bits per heavy atom. The third-order valence-electron chi connectivity index (χ3n) is 4.51. The lowest BCUT2D eigenvalue weighted by Crippen LogP contribution is -2.40. The number of urea groups is 1. The zero-order chi connectivity index (χ0) is 20.9. The molecule has 0 saturated carbocycles. The summed E-state index contributed by atoms with van der Waals surface area (Å²) in [5, 5.41) is 5.27. The molecule has 1 aliphatic heterocycles. The van der Waals surface area contributed by atoms with Crippen molar-refractivity contribution in [1.29, 1.82) is 0 Å². The van der Waals surface area contributed by atoms with E-state index in [4.69, 9.17) is 4.74 Å². The van der Waals surface area contributed by atoms with Crippen LogP contribution in [0.5, 0.6) is 0 Å². The summed E-state index contributed by atoms with van der Waals surface area (Å²) >= 11 is 0. The topological polar surface area (TPSA) is 105 Å². The number of amides is 4. The molecular weight excluding hydrogens is 362 g/mol. The molecule has 0 unspecified atom stereocenters. The van der Waals surface area contributed by atoms with Gasteiger partial charge in [-0.3, -0.25) is 19.3 Å². The summed E-state index contributed by atoms with van der Waals surface area (Å²) in [6, 6.07) is 6.97. The van der Waals surface area contributed by atoms with Gasteiger partial charge in [0.15, 0.2) is 6.10 Å². The normalized spacial score (nSPS) is 16.5. The first-order chi connectivity index (χ1) is 13.1. The van der Waals surface area contributed by atoms with Crippen molar-refractivity contribution in [1.82, 2.24) is 10.2 Å². The maximum atomic E-state index is 12.1. The highest BCUT2D eigenvalue weighted by Crippen LogP contribution is 2.17. The summed E-state index contributed by atoms with van der Waals surface area (Å²) in [5.41, 5.74) is 0.858. The second-order valence-electron chi connectivity index (χ2n) is 7.29. The third kappa shape index (κ3) is 5.31. The number of rotatable bonds is 8. The Morgan fingerprint density at radius 3 is 2.39 bits per heavy atom. The molecule has 1 heterocycles. The molecule has 0 aliphatic carbocycles. The number of benzene rings is 1. The summed E-state index contributed by atoms with van der Waals surface area (Å²) in [7, 11) is 0. The lowest BCUT2D eigenvalue weighted by Gasteiger charge is -2.16. The zero-order valence-corrected chi connectivity index (χ0v) is 16.7. The average molecular weight is 389 g/mol. The Labute approximate surface area is 164 Å². The van der Waals surface area contributed by atoms with Crippen LogP contribution in [0.15, 0.2) is 24.3 Å². The van der Waals surface area contributed by atoms with E-state index in [0.29, 0.717) is 5.69 Å². The average Bonchev–Trinajstić information content (AvgIpc) is 2.83. The maximum absolute atomic E-state index is 12.1. The van der Waals surface area contributed by atoms with Crippen LogP contribution in [-0.4, -0.2) is 46.9 Å². The molecule has 1 aliphatic rings. The van der Waals surface area contributed by atoms with E-state index in [0.717, 1.165) is 16.9 Å². The Morgan fingerprint density at radius 1 is 1.21 bits per heavy atom. The number of hydrogen-bond acceptors (Lipinski definition) is 5. The summed E-state index contributed by atoms with van der Waals surface area (Å²) < 4.78 is 5.13. The first-order valence-electron chi connectivity index (χ1n) is 9.37. The van der Waals surface area contributed by atoms with Gasteiger partial charge in [0, 0.05) is 18.7 Å². The van der Waals surface area contributed by atoms with Crippen LogP contribution in [0.3, 0.4) is 0 Å². The van der Waals surface area contributed by atoms with Gasteiger partial charge in [-0.05, 0) is 51.3 Å². The van der Waals surface area contributed by atoms with E-state index < -0.39 is 29.6 Å². The number of anilines is 1. The van der Waals surface area contributed by atoms with Gasteiger partial charge in [-0.1, -0.05) is 19.1 Å². The lowest BCUT2D eigenvalue weighted by molar-refractivity contribution is -0.153. The second-order valence-corrected chi connectivity index (χ2v) is 7.29. The fraction of sp³-hybridized carbons (Fsp3) is 0.500. The van der Waals surface area contributed by atoms with Crippen LogP contribution in [0.4, 0.5) is 10.5 Å². The van der Waals surface area contributed by atoms with E-state index in [9.17, 15) is 19.2 Å². The van der Waals surface area contributed by atoms with Crippen molar-refractivity contribution < 1.29 is 23.9 Å². The zero-order valence-electron chi connectivity index (χ0n) is 16.7. The quantitative estimate of drug-likeness (QED) is 0.524. The molecule has 1 aromatic rings. The smallest absolute Gasteiger partial charge is 0.325 e. The van der Waals surface area contributed by atoms with Gasteiger partial charge in [0.2, 0.25) is 0 Å². The Hall–Kier alpha value is -2.90. The van der Waals surface area contributed by atoms with Crippen LogP contribution in [0.25, 0.3) is 0 Å². The minimum absolute atomic E-state index is 0.000303. The molecule has 4 amide bonds. The Balaban J connectivity index is 1.75. The van der Waals surface area contributed by atoms with Gasteiger partial charge >= 0.3 is 12.0 Å². The molecule has 28 heavy (non-hydrogen) atoms. The van der Waals surface area contributed by atoms with E-state index in [1.165, 1.54) is 6.92 Å². The van der Waals surface area contributed by atoms with Crippen molar-refractivity contribution >= 4 is 29.5 Å². The van der Waals surface area contributed by atoms with Crippen molar-refractivity contribution in [2.24, 2.45) is 0 Å². The molecule has 0 spiro atoms. The number of imide groups is 1. The van der Waals surface area contributed by atoms with Crippen molar-refractivity contribution in [2.45, 2.75) is 58.6 Å². The highest BCUT2D eigenvalue weighted by atomic mass is 16.5. The number of carbonyl (C=O) groups is 4. The molecule has 1 aromatic carbocycles. The third-order valence-corrected chi connectivity index (χ3v) is 4.51. The van der Waals surface area contributed by atoms with E-state index in [2.05, 4.69) is 10.6 Å². The van der Waals surface area contributed by atoms with Crippen molar-refractivity contribution in [3.05, 3.63) is 29.8 Å². The van der Waals surface area contributed by atoms with E-state index in [1.54, 1.807) is 26.0 Å². The Bertz CT molecular complexity index is 758. The minimum Gasteiger partial charge on any atom is -0.453 e. The molecule has 2 rings (SSSR count). The fourth-order valence-corrected chi connectivity index (χ4v) is 2.78. The molecule has 1 saturated heterocycles. The number of carbonyl (C=O) groups excluding carboxylic acids is 4. The van der Waals surface area contributed by atoms with Crippen LogP contribution < -0.4 is 10.6 Å². The van der Waals surface area contributed by atoms with Gasteiger partial charge in [-0.25, -0.2) is 4.79 Å². The largest absolute Gasteiger partial charge is 0.453 e. The van der Waals surface area contributed by atoms with Crippen LogP contribution in [-0.2, 0) is 25.5 Å². The molecule has 1 fully saturated rings. The Kier molecular flexibility index (Phi) is 6.77. The minimum atomic E-state index is -0.950. The van der Waals surface area contributed by atoms with Crippen molar-refractivity contribution in [3.63, 3.8) is 0 Å². The number of nitrogens with one attached hydrogen (secondary N) is 2. The van der Waals surface area contributed by atoms with E-state index in [1.807, 2.05) is 19.1 Å². The molecular formula is C20H27N3O5. The van der Waals surface area contributed by atoms with Crippen molar-refractivity contribution in [2.75, 3.05) is 11.9 Å². The van der Waals surface area contributed by atoms with Crippen LogP contribution >= 0.6 is 0 Å². The maximum Gasteiger partial charge on any atom is 0.325 e. The molecule has 2 N–H and O–H groups in total. The highest BCUT2D eigenvalue weighted by molar-refractivity contribution is 6.06. The predicted octanol–water partition coefficient (Wildman–Crippen LogP) is 2.23.